The van der Waals surface area contributed by atoms with Gasteiger partial charge in [0.05, 0.1) is 0 Å². The summed E-state index contributed by atoms with van der Waals surface area (Å²) in [6.07, 6.45) is 3.70. The molecule has 1 unspecified atom stereocenters. The number of nitrogens with zero attached hydrogens (tertiary/aromatic N) is 1. The van der Waals surface area contributed by atoms with E-state index in [1.54, 1.807) is 6.07 Å². The molecule has 0 aliphatic carbocycles. The molecule has 1 aliphatic rings. The first kappa shape index (κ1) is 13.1. The molecule has 1 amide bonds. The number of furan rings is 1. The summed E-state index contributed by atoms with van der Waals surface area (Å²) < 4.78 is 5.50. The van der Waals surface area contributed by atoms with Crippen molar-refractivity contribution in [3.8, 4) is 0 Å². The third kappa shape index (κ3) is 2.93. The highest BCUT2D eigenvalue weighted by Gasteiger charge is 2.25. The highest BCUT2D eigenvalue weighted by atomic mass is 16.4. The van der Waals surface area contributed by atoms with E-state index in [0.29, 0.717) is 11.7 Å². The first-order chi connectivity index (χ1) is 8.74. The maximum absolute atomic E-state index is 12.2. The largest absolute Gasteiger partial charge is 0.456 e. The minimum Gasteiger partial charge on any atom is -0.456 e. The third-order valence-corrected chi connectivity index (χ3v) is 3.56. The van der Waals surface area contributed by atoms with Crippen LogP contribution in [-0.2, 0) is 6.42 Å². The Hall–Kier alpha value is -1.29. The summed E-state index contributed by atoms with van der Waals surface area (Å²) in [5.74, 6) is 1.70. The molecule has 1 aliphatic heterocycles. The number of hydrogen-bond acceptors (Lipinski definition) is 3. The number of aryl methyl sites for hydroxylation is 1. The Kier molecular flexibility index (Phi) is 4.42. The summed E-state index contributed by atoms with van der Waals surface area (Å²) in [6.45, 7) is 3.74. The molecule has 0 radical (unpaired) electrons. The van der Waals surface area contributed by atoms with E-state index in [0.717, 1.165) is 44.5 Å². The number of amides is 1. The van der Waals surface area contributed by atoms with E-state index in [1.165, 1.54) is 0 Å². The Balaban J connectivity index is 1.99. The van der Waals surface area contributed by atoms with Gasteiger partial charge in [-0.1, -0.05) is 6.92 Å². The zero-order chi connectivity index (χ0) is 13.0. The lowest BCUT2D eigenvalue weighted by molar-refractivity contribution is 0.0620. The van der Waals surface area contributed by atoms with E-state index in [1.807, 2.05) is 17.9 Å². The van der Waals surface area contributed by atoms with E-state index >= 15 is 0 Å². The number of carbonyl (C=O) groups is 1. The first-order valence-electron chi connectivity index (χ1n) is 6.73. The van der Waals surface area contributed by atoms with Crippen molar-refractivity contribution in [3.63, 3.8) is 0 Å². The Morgan fingerprint density at radius 2 is 2.39 bits per heavy atom. The molecule has 1 fully saturated rings. The lowest BCUT2D eigenvalue weighted by Crippen LogP contribution is -2.40. The second-order valence-electron chi connectivity index (χ2n) is 4.89. The molecule has 0 bridgehead atoms. The number of rotatable bonds is 4. The molecular weight excluding hydrogens is 230 g/mol. The third-order valence-electron chi connectivity index (χ3n) is 3.56. The fourth-order valence-electron chi connectivity index (χ4n) is 2.51. The zero-order valence-corrected chi connectivity index (χ0v) is 10.9. The minimum atomic E-state index is -0.0164. The van der Waals surface area contributed by atoms with Gasteiger partial charge in [0, 0.05) is 26.1 Å². The standard InChI is InChI=1S/C14H21NO3/c1-2-12-5-6-13(18-12)14(17)15-8-3-4-11(10-15)7-9-16/h5-6,11,16H,2-4,7-10H2,1H3. The summed E-state index contributed by atoms with van der Waals surface area (Å²) in [5, 5.41) is 8.97. The summed E-state index contributed by atoms with van der Waals surface area (Å²) in [6, 6.07) is 3.62. The van der Waals surface area contributed by atoms with Gasteiger partial charge in [-0.05, 0) is 37.3 Å². The van der Waals surface area contributed by atoms with E-state index in [2.05, 4.69) is 0 Å². The van der Waals surface area contributed by atoms with Crippen LogP contribution in [0.25, 0.3) is 0 Å². The van der Waals surface area contributed by atoms with Crippen molar-refractivity contribution in [2.45, 2.75) is 32.6 Å². The minimum absolute atomic E-state index is 0.0164. The molecule has 1 N–H and O–H groups in total. The van der Waals surface area contributed by atoms with Crippen molar-refractivity contribution in [3.05, 3.63) is 23.7 Å². The lowest BCUT2D eigenvalue weighted by Gasteiger charge is -2.31. The van der Waals surface area contributed by atoms with Crippen LogP contribution in [0.15, 0.2) is 16.5 Å². The van der Waals surface area contributed by atoms with E-state index in [-0.39, 0.29) is 12.5 Å². The van der Waals surface area contributed by atoms with E-state index in [4.69, 9.17) is 9.52 Å². The molecule has 0 aromatic carbocycles. The molecule has 1 atom stereocenters. The molecule has 0 saturated carbocycles. The van der Waals surface area contributed by atoms with Crippen LogP contribution in [0.3, 0.4) is 0 Å². The molecule has 1 saturated heterocycles. The maximum Gasteiger partial charge on any atom is 0.289 e. The second-order valence-corrected chi connectivity index (χ2v) is 4.89. The van der Waals surface area contributed by atoms with Crippen LogP contribution in [0.2, 0.25) is 0 Å². The maximum atomic E-state index is 12.2. The molecule has 18 heavy (non-hydrogen) atoms. The van der Waals surface area contributed by atoms with Gasteiger partial charge in [0.2, 0.25) is 0 Å². The Morgan fingerprint density at radius 3 is 3.06 bits per heavy atom. The first-order valence-corrected chi connectivity index (χ1v) is 6.73. The van der Waals surface area contributed by atoms with Gasteiger partial charge in [0.25, 0.3) is 5.91 Å². The molecule has 2 heterocycles. The Bertz CT molecular complexity index is 397. The number of aliphatic hydroxyl groups is 1. The number of piperidine rings is 1. The SMILES string of the molecule is CCc1ccc(C(=O)N2CCCC(CCO)C2)o1. The predicted molar refractivity (Wildman–Crippen MR) is 68.4 cm³/mol. The molecule has 1 aromatic rings. The number of hydrogen-bond donors (Lipinski definition) is 1. The predicted octanol–water partition coefficient (Wildman–Crippen LogP) is 2.08. The monoisotopic (exact) mass is 251 g/mol. The highest BCUT2D eigenvalue weighted by molar-refractivity contribution is 5.91. The van der Waals surface area contributed by atoms with Crippen LogP contribution in [0.1, 0.15) is 42.5 Å². The van der Waals surface area contributed by atoms with Crippen LogP contribution in [0.5, 0.6) is 0 Å². The van der Waals surface area contributed by atoms with Gasteiger partial charge in [-0.15, -0.1) is 0 Å². The summed E-state index contributed by atoms with van der Waals surface area (Å²) in [7, 11) is 0. The fraction of sp³-hybridized carbons (Fsp3) is 0.643. The van der Waals surface area contributed by atoms with Crippen LogP contribution >= 0.6 is 0 Å². The smallest absolute Gasteiger partial charge is 0.289 e. The van der Waals surface area contributed by atoms with Crippen molar-refractivity contribution in [2.75, 3.05) is 19.7 Å². The summed E-state index contributed by atoms with van der Waals surface area (Å²) >= 11 is 0. The molecule has 100 valence electrons. The number of aliphatic hydroxyl groups excluding tert-OH is 1. The molecular formula is C14H21NO3. The van der Waals surface area contributed by atoms with Crippen LogP contribution in [0.4, 0.5) is 0 Å². The van der Waals surface area contributed by atoms with Crippen LogP contribution in [-0.4, -0.2) is 35.6 Å². The lowest BCUT2D eigenvalue weighted by atomic mass is 9.95. The van der Waals surface area contributed by atoms with E-state index in [9.17, 15) is 4.79 Å². The van der Waals surface area contributed by atoms with Gasteiger partial charge < -0.3 is 14.4 Å². The topological polar surface area (TPSA) is 53.7 Å². The molecule has 1 aromatic heterocycles. The number of likely N-dealkylation sites (tertiary alicyclic amines) is 1. The Labute approximate surface area is 108 Å². The van der Waals surface area contributed by atoms with Crippen LogP contribution in [0, 0.1) is 5.92 Å². The fourth-order valence-corrected chi connectivity index (χ4v) is 2.51. The Morgan fingerprint density at radius 1 is 1.56 bits per heavy atom. The number of carbonyl (C=O) groups excluding carboxylic acids is 1. The second kappa shape index (κ2) is 6.05. The highest BCUT2D eigenvalue weighted by Crippen LogP contribution is 2.21. The normalized spacial score (nSPS) is 20.1. The molecule has 4 heteroatoms. The zero-order valence-electron chi connectivity index (χ0n) is 10.9. The van der Waals surface area contributed by atoms with Gasteiger partial charge in [-0.2, -0.15) is 0 Å². The van der Waals surface area contributed by atoms with Crippen molar-refractivity contribution >= 4 is 5.91 Å². The van der Waals surface area contributed by atoms with Crippen molar-refractivity contribution in [1.29, 1.82) is 0 Å². The molecule has 4 nitrogen and oxygen atoms in total. The van der Waals surface area contributed by atoms with Crippen LogP contribution < -0.4 is 0 Å². The van der Waals surface area contributed by atoms with Gasteiger partial charge in [-0.25, -0.2) is 0 Å². The van der Waals surface area contributed by atoms with Crippen molar-refractivity contribution < 1.29 is 14.3 Å². The molecule has 0 spiro atoms. The average Bonchev–Trinajstić information content (AvgIpc) is 2.87. The van der Waals surface area contributed by atoms with Gasteiger partial charge in [0.1, 0.15) is 5.76 Å². The van der Waals surface area contributed by atoms with Crippen molar-refractivity contribution in [2.24, 2.45) is 5.92 Å². The van der Waals surface area contributed by atoms with Crippen molar-refractivity contribution in [1.82, 2.24) is 4.90 Å². The van der Waals surface area contributed by atoms with E-state index < -0.39 is 0 Å². The summed E-state index contributed by atoms with van der Waals surface area (Å²) in [5.41, 5.74) is 0. The summed E-state index contributed by atoms with van der Waals surface area (Å²) in [4.78, 5) is 14.1. The molecule has 2 rings (SSSR count). The van der Waals surface area contributed by atoms with Gasteiger partial charge in [0.15, 0.2) is 5.76 Å². The van der Waals surface area contributed by atoms with Gasteiger partial charge >= 0.3 is 0 Å². The average molecular weight is 251 g/mol. The quantitative estimate of drug-likeness (QED) is 0.891. The van der Waals surface area contributed by atoms with Gasteiger partial charge in [-0.3, -0.25) is 4.79 Å².